The van der Waals surface area contributed by atoms with Crippen molar-refractivity contribution in [1.82, 2.24) is 10.2 Å². The van der Waals surface area contributed by atoms with Crippen molar-refractivity contribution in [3.63, 3.8) is 0 Å². The molecule has 1 fully saturated rings. The van der Waals surface area contributed by atoms with E-state index in [1.807, 2.05) is 0 Å². The van der Waals surface area contributed by atoms with Gasteiger partial charge in [-0.25, -0.2) is 0 Å². The van der Waals surface area contributed by atoms with E-state index in [9.17, 15) is 0 Å². The van der Waals surface area contributed by atoms with Gasteiger partial charge in [-0.05, 0) is 39.4 Å². The number of rotatable bonds is 5. The van der Waals surface area contributed by atoms with Gasteiger partial charge < -0.3 is 10.2 Å². The fraction of sp³-hybridized carbons (Fsp3) is 0.625. The van der Waals surface area contributed by atoms with Crippen molar-refractivity contribution in [3.05, 3.63) is 35.4 Å². The van der Waals surface area contributed by atoms with Gasteiger partial charge in [0, 0.05) is 18.6 Å². The van der Waals surface area contributed by atoms with Crippen molar-refractivity contribution < 1.29 is 0 Å². The lowest BCUT2D eigenvalue weighted by Crippen LogP contribution is -2.49. The topological polar surface area (TPSA) is 15.3 Å². The lowest BCUT2D eigenvalue weighted by molar-refractivity contribution is 0.153. The predicted octanol–water partition coefficient (Wildman–Crippen LogP) is 2.96. The molecule has 0 bridgehead atoms. The zero-order valence-corrected chi connectivity index (χ0v) is 12.0. The van der Waals surface area contributed by atoms with Gasteiger partial charge in [0.05, 0.1) is 0 Å². The van der Waals surface area contributed by atoms with E-state index < -0.39 is 0 Å². The van der Waals surface area contributed by atoms with E-state index in [0.717, 1.165) is 13.1 Å². The van der Waals surface area contributed by atoms with Crippen molar-refractivity contribution in [1.29, 1.82) is 0 Å². The zero-order chi connectivity index (χ0) is 13.0. The summed E-state index contributed by atoms with van der Waals surface area (Å²) in [5, 5.41) is 3.64. The Morgan fingerprint density at radius 2 is 1.72 bits per heavy atom. The van der Waals surface area contributed by atoms with E-state index in [4.69, 9.17) is 0 Å². The first-order valence-corrected chi connectivity index (χ1v) is 7.06. The van der Waals surface area contributed by atoms with Gasteiger partial charge in [-0.3, -0.25) is 0 Å². The second kappa shape index (κ2) is 5.85. The average molecular weight is 246 g/mol. The number of nitrogens with zero attached hydrogens (tertiary/aromatic N) is 1. The Balaban J connectivity index is 1.85. The summed E-state index contributed by atoms with van der Waals surface area (Å²) in [4.78, 5) is 2.42. The molecular weight excluding hydrogens is 220 g/mol. The molecule has 2 heteroatoms. The molecule has 18 heavy (non-hydrogen) atoms. The van der Waals surface area contributed by atoms with Gasteiger partial charge in [-0.1, -0.05) is 42.7 Å². The number of hydrogen-bond acceptors (Lipinski definition) is 2. The van der Waals surface area contributed by atoms with E-state index in [2.05, 4.69) is 55.5 Å². The minimum atomic E-state index is 0.394. The van der Waals surface area contributed by atoms with Gasteiger partial charge in [-0.2, -0.15) is 0 Å². The summed E-state index contributed by atoms with van der Waals surface area (Å²) < 4.78 is 0. The van der Waals surface area contributed by atoms with Gasteiger partial charge >= 0.3 is 0 Å². The lowest BCUT2D eigenvalue weighted by Gasteiger charge is -2.36. The highest BCUT2D eigenvalue weighted by atomic mass is 15.2. The van der Waals surface area contributed by atoms with Crippen LogP contribution in [0.4, 0.5) is 0 Å². The van der Waals surface area contributed by atoms with Crippen LogP contribution in [0.15, 0.2) is 24.3 Å². The second-order valence-corrected chi connectivity index (χ2v) is 5.92. The minimum absolute atomic E-state index is 0.394. The van der Waals surface area contributed by atoms with Crippen LogP contribution in [0.25, 0.3) is 0 Å². The molecule has 2 rings (SSSR count). The normalized spacial score (nSPS) is 18.4. The Kier molecular flexibility index (Phi) is 4.41. The van der Waals surface area contributed by atoms with Crippen LogP contribution in [0.2, 0.25) is 0 Å². The minimum Gasteiger partial charge on any atom is -0.311 e. The van der Waals surface area contributed by atoms with E-state index in [0.29, 0.717) is 5.54 Å². The first kappa shape index (κ1) is 13.6. The maximum absolute atomic E-state index is 3.64. The predicted molar refractivity (Wildman–Crippen MR) is 77.8 cm³/mol. The maximum Gasteiger partial charge on any atom is 0.0328 e. The Hall–Kier alpha value is -0.860. The number of likely N-dealkylation sites (N-methyl/N-ethyl adjacent to an activating group) is 1. The summed E-state index contributed by atoms with van der Waals surface area (Å²) in [5.41, 5.74) is 3.11. The molecule has 100 valence electrons. The molecule has 0 spiro atoms. The van der Waals surface area contributed by atoms with Crippen LogP contribution in [-0.2, 0) is 6.54 Å². The van der Waals surface area contributed by atoms with Gasteiger partial charge in [0.15, 0.2) is 0 Å². The Bertz CT molecular complexity index is 361. The molecule has 0 radical (unpaired) electrons. The molecular formula is C16H26N2. The molecule has 1 aromatic carbocycles. The van der Waals surface area contributed by atoms with Crippen molar-refractivity contribution in [3.8, 4) is 0 Å². The van der Waals surface area contributed by atoms with Crippen molar-refractivity contribution in [2.45, 2.75) is 44.7 Å². The number of benzene rings is 1. The highest BCUT2D eigenvalue weighted by molar-refractivity contribution is 5.21. The second-order valence-electron chi connectivity index (χ2n) is 5.92. The molecule has 2 nitrogen and oxygen atoms in total. The lowest BCUT2D eigenvalue weighted by atomic mass is 9.96. The van der Waals surface area contributed by atoms with E-state index in [1.54, 1.807) is 0 Å². The number of nitrogens with one attached hydrogen (secondary N) is 1. The summed E-state index contributed by atoms with van der Waals surface area (Å²) in [6.07, 6.45) is 5.43. The largest absolute Gasteiger partial charge is 0.311 e. The van der Waals surface area contributed by atoms with Crippen LogP contribution < -0.4 is 5.32 Å². The molecule has 1 aliphatic rings. The molecule has 1 aromatic rings. The van der Waals surface area contributed by atoms with Crippen LogP contribution in [0, 0.1) is 6.92 Å². The Labute approximate surface area is 111 Å². The number of hydrogen-bond donors (Lipinski definition) is 1. The third kappa shape index (κ3) is 3.12. The van der Waals surface area contributed by atoms with Crippen LogP contribution in [0.5, 0.6) is 0 Å². The maximum atomic E-state index is 3.64. The molecule has 0 unspecified atom stereocenters. The summed E-state index contributed by atoms with van der Waals surface area (Å²) >= 11 is 0. The summed E-state index contributed by atoms with van der Waals surface area (Å²) in [6, 6.07) is 8.82. The zero-order valence-electron chi connectivity index (χ0n) is 12.0. The Morgan fingerprint density at radius 3 is 2.28 bits per heavy atom. The van der Waals surface area contributed by atoms with Crippen LogP contribution in [0.3, 0.4) is 0 Å². The average Bonchev–Trinajstić information content (AvgIpc) is 2.82. The van der Waals surface area contributed by atoms with Crippen LogP contribution in [-0.4, -0.2) is 31.1 Å². The van der Waals surface area contributed by atoms with Gasteiger partial charge in [0.1, 0.15) is 0 Å². The summed E-state index contributed by atoms with van der Waals surface area (Å²) in [7, 11) is 4.44. The van der Waals surface area contributed by atoms with Gasteiger partial charge in [0.2, 0.25) is 0 Å². The summed E-state index contributed by atoms with van der Waals surface area (Å²) in [6.45, 7) is 4.22. The quantitative estimate of drug-likeness (QED) is 0.859. The highest BCUT2D eigenvalue weighted by Gasteiger charge is 2.35. The Morgan fingerprint density at radius 1 is 1.11 bits per heavy atom. The van der Waals surface area contributed by atoms with Gasteiger partial charge in [0.25, 0.3) is 0 Å². The van der Waals surface area contributed by atoms with Crippen LogP contribution in [0.1, 0.15) is 36.8 Å². The fourth-order valence-electron chi connectivity index (χ4n) is 2.96. The first-order chi connectivity index (χ1) is 8.62. The van der Waals surface area contributed by atoms with Gasteiger partial charge in [-0.15, -0.1) is 0 Å². The number of aryl methyl sites for hydroxylation is 1. The standard InChI is InChI=1S/C16H26N2/c1-14-6-8-15(9-7-14)12-17-13-16(18(2)3)10-4-5-11-16/h6-9,17H,4-5,10-13H2,1-3H3. The van der Waals surface area contributed by atoms with Crippen molar-refractivity contribution in [2.75, 3.05) is 20.6 Å². The molecule has 0 amide bonds. The molecule has 0 atom stereocenters. The monoisotopic (exact) mass is 246 g/mol. The van der Waals surface area contributed by atoms with Crippen LogP contribution >= 0.6 is 0 Å². The first-order valence-electron chi connectivity index (χ1n) is 7.06. The third-order valence-corrected chi connectivity index (χ3v) is 4.39. The molecule has 0 heterocycles. The van der Waals surface area contributed by atoms with E-state index in [1.165, 1.54) is 36.8 Å². The molecule has 0 aliphatic heterocycles. The van der Waals surface area contributed by atoms with E-state index in [-0.39, 0.29) is 0 Å². The summed E-state index contributed by atoms with van der Waals surface area (Å²) in [5.74, 6) is 0. The van der Waals surface area contributed by atoms with Crippen molar-refractivity contribution >= 4 is 0 Å². The molecule has 0 saturated heterocycles. The smallest absolute Gasteiger partial charge is 0.0328 e. The SMILES string of the molecule is Cc1ccc(CNCC2(N(C)C)CCCC2)cc1. The molecule has 1 aliphatic carbocycles. The molecule has 0 aromatic heterocycles. The third-order valence-electron chi connectivity index (χ3n) is 4.39. The fourth-order valence-corrected chi connectivity index (χ4v) is 2.96. The van der Waals surface area contributed by atoms with Crippen molar-refractivity contribution in [2.24, 2.45) is 0 Å². The highest BCUT2D eigenvalue weighted by Crippen LogP contribution is 2.33. The molecule has 1 N–H and O–H groups in total. The van der Waals surface area contributed by atoms with E-state index >= 15 is 0 Å². The molecule has 1 saturated carbocycles.